The predicted molar refractivity (Wildman–Crippen MR) is 112 cm³/mol. The Morgan fingerprint density at radius 1 is 1.19 bits per heavy atom. The number of nitro groups is 1. The average molecular weight is 426 g/mol. The maximum absolute atomic E-state index is 12.9. The Hall–Kier alpha value is -3.72. The second-order valence-corrected chi connectivity index (χ2v) is 6.79. The van der Waals surface area contributed by atoms with Gasteiger partial charge in [0, 0.05) is 31.4 Å². The Labute approximate surface area is 178 Å². The molecule has 1 fully saturated rings. The smallest absolute Gasteiger partial charge is 0.295 e. The van der Waals surface area contributed by atoms with Crippen molar-refractivity contribution in [2.24, 2.45) is 0 Å². The molecule has 0 bridgehead atoms. The molecular weight excluding hydrogens is 404 g/mol. The fourth-order valence-electron chi connectivity index (χ4n) is 3.48. The van der Waals surface area contributed by atoms with Gasteiger partial charge in [-0.05, 0) is 36.8 Å². The Bertz CT molecular complexity index is 1030. The third-order valence-corrected chi connectivity index (χ3v) is 4.91. The zero-order valence-corrected chi connectivity index (χ0v) is 17.1. The molecule has 31 heavy (non-hydrogen) atoms. The second-order valence-electron chi connectivity index (χ2n) is 6.79. The quantitative estimate of drug-likeness (QED) is 0.226. The fraction of sp³-hybridized carbons (Fsp3) is 0.273. The number of rotatable bonds is 8. The van der Waals surface area contributed by atoms with E-state index in [2.05, 4.69) is 0 Å². The van der Waals surface area contributed by atoms with Gasteiger partial charge < -0.3 is 19.5 Å². The molecular formula is C22H22N2O7. The zero-order chi connectivity index (χ0) is 22.5. The molecule has 1 heterocycles. The van der Waals surface area contributed by atoms with E-state index in [4.69, 9.17) is 9.47 Å². The minimum Gasteiger partial charge on any atom is -0.507 e. The number of hydrogen-bond acceptors (Lipinski definition) is 7. The van der Waals surface area contributed by atoms with Crippen LogP contribution >= 0.6 is 0 Å². The molecule has 2 aromatic carbocycles. The number of carbonyl (C=O) groups excluding carboxylic acids is 2. The summed E-state index contributed by atoms with van der Waals surface area (Å²) in [6.07, 6.45) is 0. The molecule has 162 valence electrons. The van der Waals surface area contributed by atoms with E-state index in [0.29, 0.717) is 17.9 Å². The highest BCUT2D eigenvalue weighted by atomic mass is 16.6. The Morgan fingerprint density at radius 2 is 1.90 bits per heavy atom. The van der Waals surface area contributed by atoms with Crippen LogP contribution in [-0.2, 0) is 14.3 Å². The first kappa shape index (κ1) is 22.0. The number of Topliss-reactive ketones (excluding diaryl/α,β-unsaturated/α-hetero) is 1. The van der Waals surface area contributed by atoms with E-state index in [1.54, 1.807) is 24.3 Å². The highest BCUT2D eigenvalue weighted by molar-refractivity contribution is 6.46. The van der Waals surface area contributed by atoms with Crippen LogP contribution < -0.4 is 4.74 Å². The summed E-state index contributed by atoms with van der Waals surface area (Å²) in [5.41, 5.74) is 0.535. The maximum atomic E-state index is 12.9. The molecule has 1 N–H and O–H groups in total. The van der Waals surface area contributed by atoms with Crippen LogP contribution in [0.1, 0.15) is 24.1 Å². The summed E-state index contributed by atoms with van der Waals surface area (Å²) < 4.78 is 10.6. The lowest BCUT2D eigenvalue weighted by molar-refractivity contribution is -0.384. The number of nitrogens with zero attached hydrogens (tertiary/aromatic N) is 2. The van der Waals surface area contributed by atoms with Crippen molar-refractivity contribution >= 4 is 23.1 Å². The number of amides is 1. The van der Waals surface area contributed by atoms with E-state index < -0.39 is 28.4 Å². The first-order valence-electron chi connectivity index (χ1n) is 9.64. The van der Waals surface area contributed by atoms with Crippen LogP contribution in [0.4, 0.5) is 5.69 Å². The van der Waals surface area contributed by atoms with Crippen LogP contribution in [0.25, 0.3) is 5.76 Å². The number of methoxy groups -OCH3 is 1. The molecule has 1 saturated heterocycles. The third-order valence-electron chi connectivity index (χ3n) is 4.91. The van der Waals surface area contributed by atoms with E-state index in [-0.39, 0.29) is 30.0 Å². The highest BCUT2D eigenvalue weighted by Gasteiger charge is 2.46. The molecule has 1 unspecified atom stereocenters. The van der Waals surface area contributed by atoms with Crippen molar-refractivity contribution in [2.45, 2.75) is 13.0 Å². The number of aliphatic hydroxyl groups is 1. The van der Waals surface area contributed by atoms with Crippen molar-refractivity contribution in [3.8, 4) is 5.75 Å². The van der Waals surface area contributed by atoms with Gasteiger partial charge in [-0.15, -0.1) is 0 Å². The van der Waals surface area contributed by atoms with E-state index in [1.165, 1.54) is 36.3 Å². The second kappa shape index (κ2) is 9.40. The van der Waals surface area contributed by atoms with Crippen molar-refractivity contribution in [1.82, 2.24) is 4.90 Å². The van der Waals surface area contributed by atoms with Crippen LogP contribution in [0.5, 0.6) is 5.75 Å². The van der Waals surface area contributed by atoms with Gasteiger partial charge in [-0.25, -0.2) is 0 Å². The minimum atomic E-state index is -0.856. The molecule has 0 saturated carbocycles. The topological polar surface area (TPSA) is 119 Å². The summed E-state index contributed by atoms with van der Waals surface area (Å²) in [5, 5.41) is 21.8. The Kier molecular flexibility index (Phi) is 6.66. The molecule has 3 rings (SSSR count). The van der Waals surface area contributed by atoms with Crippen molar-refractivity contribution in [3.05, 3.63) is 75.3 Å². The van der Waals surface area contributed by atoms with Crippen molar-refractivity contribution in [3.63, 3.8) is 0 Å². The standard InChI is InChI=1S/C22H22N2O7/c1-3-31-17-6-4-5-15(13-17)19-18(21(26)22(27)23(19)11-12-30-2)20(25)14-7-9-16(10-8-14)24(28)29/h4-10,13,19,25H,3,11-12H2,1-2H3/b20-18+. The number of carbonyl (C=O) groups is 2. The van der Waals surface area contributed by atoms with E-state index >= 15 is 0 Å². The highest BCUT2D eigenvalue weighted by Crippen LogP contribution is 2.40. The Morgan fingerprint density at radius 3 is 2.52 bits per heavy atom. The summed E-state index contributed by atoms with van der Waals surface area (Å²) in [5.74, 6) is -1.43. The summed E-state index contributed by atoms with van der Waals surface area (Å²) in [6, 6.07) is 11.2. The Balaban J connectivity index is 2.13. The lowest BCUT2D eigenvalue weighted by atomic mass is 9.95. The van der Waals surface area contributed by atoms with Gasteiger partial charge in [0.2, 0.25) is 0 Å². The predicted octanol–water partition coefficient (Wildman–Crippen LogP) is 3.06. The number of hydrogen-bond donors (Lipinski definition) is 1. The van der Waals surface area contributed by atoms with Crippen molar-refractivity contribution in [1.29, 1.82) is 0 Å². The first-order valence-corrected chi connectivity index (χ1v) is 9.64. The lowest BCUT2D eigenvalue weighted by Gasteiger charge is -2.25. The van der Waals surface area contributed by atoms with Gasteiger partial charge >= 0.3 is 0 Å². The molecule has 9 nitrogen and oxygen atoms in total. The van der Waals surface area contributed by atoms with Crippen LogP contribution in [-0.4, -0.2) is 53.5 Å². The number of nitro benzene ring substituents is 1. The molecule has 0 aliphatic carbocycles. The first-order chi connectivity index (χ1) is 14.9. The number of aliphatic hydroxyl groups excluding tert-OH is 1. The van der Waals surface area contributed by atoms with Crippen molar-refractivity contribution < 1.29 is 29.1 Å². The van der Waals surface area contributed by atoms with Gasteiger partial charge in [-0.2, -0.15) is 0 Å². The monoisotopic (exact) mass is 426 g/mol. The van der Waals surface area contributed by atoms with Crippen LogP contribution in [0.15, 0.2) is 54.1 Å². The maximum Gasteiger partial charge on any atom is 0.295 e. The average Bonchev–Trinajstić information content (AvgIpc) is 3.02. The van der Waals surface area contributed by atoms with Crippen LogP contribution in [0, 0.1) is 10.1 Å². The third kappa shape index (κ3) is 4.41. The molecule has 1 atom stereocenters. The van der Waals surface area contributed by atoms with Crippen LogP contribution in [0.2, 0.25) is 0 Å². The van der Waals surface area contributed by atoms with Gasteiger partial charge in [-0.3, -0.25) is 19.7 Å². The van der Waals surface area contributed by atoms with Gasteiger partial charge in [0.25, 0.3) is 17.4 Å². The molecule has 0 spiro atoms. The van der Waals surface area contributed by atoms with Gasteiger partial charge in [0.1, 0.15) is 11.5 Å². The van der Waals surface area contributed by atoms with E-state index in [9.17, 15) is 24.8 Å². The normalized spacial score (nSPS) is 17.7. The molecule has 1 amide bonds. The number of likely N-dealkylation sites (tertiary alicyclic amines) is 1. The molecule has 1 aliphatic heterocycles. The number of non-ortho nitro benzene ring substituents is 1. The zero-order valence-electron chi connectivity index (χ0n) is 17.1. The van der Waals surface area contributed by atoms with Gasteiger partial charge in [0.05, 0.1) is 29.8 Å². The molecule has 9 heteroatoms. The summed E-state index contributed by atoms with van der Waals surface area (Å²) >= 11 is 0. The molecule has 1 aliphatic rings. The largest absolute Gasteiger partial charge is 0.507 e. The van der Waals surface area contributed by atoms with Gasteiger partial charge in [-0.1, -0.05) is 12.1 Å². The molecule has 2 aromatic rings. The molecule has 0 aromatic heterocycles. The molecule has 0 radical (unpaired) electrons. The lowest BCUT2D eigenvalue weighted by Crippen LogP contribution is -2.32. The SMILES string of the molecule is CCOc1cccc(C2/C(=C(\O)c3ccc([N+](=O)[O-])cc3)C(=O)C(=O)N2CCOC)c1. The number of benzene rings is 2. The van der Waals surface area contributed by atoms with E-state index in [1.807, 2.05) is 6.92 Å². The fourth-order valence-corrected chi connectivity index (χ4v) is 3.48. The van der Waals surface area contributed by atoms with E-state index in [0.717, 1.165) is 0 Å². The number of ketones is 1. The minimum absolute atomic E-state index is 0.0939. The van der Waals surface area contributed by atoms with Crippen LogP contribution in [0.3, 0.4) is 0 Å². The van der Waals surface area contributed by atoms with Gasteiger partial charge in [0.15, 0.2) is 0 Å². The summed E-state index contributed by atoms with van der Waals surface area (Å²) in [7, 11) is 1.48. The summed E-state index contributed by atoms with van der Waals surface area (Å²) in [6.45, 7) is 2.62. The number of ether oxygens (including phenoxy) is 2. The van der Waals surface area contributed by atoms with Crippen molar-refractivity contribution in [2.75, 3.05) is 26.9 Å². The summed E-state index contributed by atoms with van der Waals surface area (Å²) in [4.78, 5) is 37.3.